The number of nitrogens with one attached hydrogen (secondary N) is 1. The van der Waals surface area contributed by atoms with Gasteiger partial charge in [0.1, 0.15) is 11.5 Å². The minimum absolute atomic E-state index is 0.0527. The van der Waals surface area contributed by atoms with E-state index >= 15 is 0 Å². The first-order valence-corrected chi connectivity index (χ1v) is 9.99. The maximum absolute atomic E-state index is 13.4. The molecule has 11 heteroatoms. The Kier molecular flexibility index (Phi) is 5.64. The predicted octanol–water partition coefficient (Wildman–Crippen LogP) is 4.19. The van der Waals surface area contributed by atoms with Crippen molar-refractivity contribution in [1.29, 1.82) is 0 Å². The van der Waals surface area contributed by atoms with Gasteiger partial charge in [-0.1, -0.05) is 23.7 Å². The number of hydrogen-bond acceptors (Lipinski definition) is 5. The molecule has 1 aliphatic heterocycles. The molecule has 32 heavy (non-hydrogen) atoms. The van der Waals surface area contributed by atoms with Gasteiger partial charge in [-0.2, -0.15) is 18.3 Å². The Bertz CT molecular complexity index is 1220. The Morgan fingerprint density at radius 2 is 2.00 bits per heavy atom. The summed E-state index contributed by atoms with van der Waals surface area (Å²) in [6.45, 7) is 3.15. The topological polar surface area (TPSA) is 75.4 Å². The minimum atomic E-state index is -4.75. The number of rotatable bonds is 4. The highest BCUT2D eigenvalue weighted by molar-refractivity contribution is 6.32. The van der Waals surface area contributed by atoms with Gasteiger partial charge in [0, 0.05) is 31.4 Å². The fourth-order valence-corrected chi connectivity index (χ4v) is 3.60. The lowest BCUT2D eigenvalue weighted by Crippen LogP contribution is -2.26. The predicted molar refractivity (Wildman–Crippen MR) is 115 cm³/mol. The number of benzene rings is 1. The molecule has 0 saturated carbocycles. The number of aliphatic imine (C=N–C) groups is 1. The number of aryl methyl sites for hydroxylation is 1. The number of likely N-dealkylation sites (N-methyl/N-ethyl adjacent to an activating group) is 1. The quantitative estimate of drug-likeness (QED) is 0.630. The second-order valence-electron chi connectivity index (χ2n) is 7.21. The summed E-state index contributed by atoms with van der Waals surface area (Å²) in [7, 11) is 1.88. The highest BCUT2D eigenvalue weighted by Gasteiger charge is 2.36. The van der Waals surface area contributed by atoms with Crippen LogP contribution in [-0.2, 0) is 6.18 Å². The molecule has 166 valence electrons. The molecule has 0 fully saturated rings. The van der Waals surface area contributed by atoms with Crippen LogP contribution in [0.1, 0.15) is 27.3 Å². The van der Waals surface area contributed by atoms with Gasteiger partial charge in [-0.15, -0.1) is 0 Å². The lowest BCUT2D eigenvalue weighted by Gasteiger charge is -2.19. The van der Waals surface area contributed by atoms with Gasteiger partial charge < -0.3 is 10.2 Å². The zero-order valence-corrected chi connectivity index (χ0v) is 17.9. The molecule has 0 aliphatic carbocycles. The average Bonchev–Trinajstić information content (AvgIpc) is 3.36. The summed E-state index contributed by atoms with van der Waals surface area (Å²) in [6, 6.07) is 9.08. The van der Waals surface area contributed by atoms with Crippen molar-refractivity contribution in [3.05, 3.63) is 70.1 Å². The number of halogens is 4. The molecule has 2 aromatic heterocycles. The molecule has 0 bridgehead atoms. The highest BCUT2D eigenvalue weighted by atomic mass is 35.5. The van der Waals surface area contributed by atoms with Crippen LogP contribution in [0.25, 0.3) is 5.82 Å². The molecule has 4 rings (SSSR count). The van der Waals surface area contributed by atoms with Crippen LogP contribution < -0.4 is 5.32 Å². The standard InChI is InChI=1S/C21H18ClF3N6O/c1-12-5-3-6-13(18-27-9-10-30(18)2)17(12)28-20(32)15-11-16(21(23,24)25)29-31(15)19-14(22)7-4-8-26-19/h3-8,11H,9-10H2,1-2H3,(H,28,32). The molecule has 3 heterocycles. The van der Waals surface area contributed by atoms with Crippen LogP contribution in [0.3, 0.4) is 0 Å². The molecule has 3 aromatic rings. The van der Waals surface area contributed by atoms with E-state index in [-0.39, 0.29) is 16.5 Å². The molecule has 0 radical (unpaired) electrons. The molecule has 1 aromatic carbocycles. The zero-order chi connectivity index (χ0) is 23.0. The zero-order valence-electron chi connectivity index (χ0n) is 17.1. The summed E-state index contributed by atoms with van der Waals surface area (Å²) in [5, 5.41) is 6.36. The normalized spacial score (nSPS) is 13.9. The van der Waals surface area contributed by atoms with E-state index in [1.54, 1.807) is 19.1 Å². The molecule has 0 unspecified atom stereocenters. The van der Waals surface area contributed by atoms with Crippen LogP contribution in [-0.4, -0.2) is 51.5 Å². The van der Waals surface area contributed by atoms with Gasteiger partial charge in [-0.25, -0.2) is 9.67 Å². The number of pyridine rings is 1. The van der Waals surface area contributed by atoms with E-state index in [1.807, 2.05) is 18.0 Å². The van der Waals surface area contributed by atoms with Crippen molar-refractivity contribution in [3.8, 4) is 5.82 Å². The second kappa shape index (κ2) is 8.27. The molecule has 1 amide bonds. The fraction of sp³-hybridized carbons (Fsp3) is 0.238. The molecule has 0 saturated heterocycles. The van der Waals surface area contributed by atoms with Gasteiger partial charge in [-0.05, 0) is 30.7 Å². The molecule has 7 nitrogen and oxygen atoms in total. The van der Waals surface area contributed by atoms with E-state index in [0.29, 0.717) is 29.7 Å². The molecule has 1 N–H and O–H groups in total. The summed E-state index contributed by atoms with van der Waals surface area (Å²) in [5.74, 6) is -0.174. The number of amidine groups is 1. The maximum Gasteiger partial charge on any atom is 0.435 e. The first-order chi connectivity index (χ1) is 15.2. The van der Waals surface area contributed by atoms with E-state index in [1.165, 1.54) is 18.3 Å². The van der Waals surface area contributed by atoms with E-state index < -0.39 is 17.8 Å². The maximum atomic E-state index is 13.4. The van der Waals surface area contributed by atoms with E-state index in [4.69, 9.17) is 11.6 Å². The number of para-hydroxylation sites is 1. The van der Waals surface area contributed by atoms with Crippen LogP contribution in [0.2, 0.25) is 5.02 Å². The molecular formula is C21H18ClF3N6O. The number of carbonyl (C=O) groups excluding carboxylic acids is 1. The molecule has 0 spiro atoms. The van der Waals surface area contributed by atoms with Crippen LogP contribution in [0.15, 0.2) is 47.6 Å². The van der Waals surface area contributed by atoms with Crippen molar-refractivity contribution in [1.82, 2.24) is 19.7 Å². The first kappa shape index (κ1) is 21.8. The second-order valence-corrected chi connectivity index (χ2v) is 7.62. The Morgan fingerprint density at radius 1 is 1.22 bits per heavy atom. The number of hydrogen-bond donors (Lipinski definition) is 1. The third kappa shape index (κ3) is 4.05. The molecule has 1 aliphatic rings. The number of amides is 1. The van der Waals surface area contributed by atoms with Gasteiger partial charge in [0.05, 0.1) is 17.3 Å². The highest BCUT2D eigenvalue weighted by Crippen LogP contribution is 2.31. The van der Waals surface area contributed by atoms with E-state index in [9.17, 15) is 18.0 Å². The Balaban J connectivity index is 1.79. The van der Waals surface area contributed by atoms with Gasteiger partial charge >= 0.3 is 6.18 Å². The van der Waals surface area contributed by atoms with Crippen molar-refractivity contribution in [2.24, 2.45) is 4.99 Å². The third-order valence-corrected chi connectivity index (χ3v) is 5.28. The number of alkyl halides is 3. The van der Waals surface area contributed by atoms with Crippen molar-refractivity contribution < 1.29 is 18.0 Å². The number of nitrogens with zero attached hydrogens (tertiary/aromatic N) is 5. The summed E-state index contributed by atoms with van der Waals surface area (Å²) in [4.78, 5) is 23.6. The number of aromatic nitrogens is 3. The Hall–Kier alpha value is -3.40. The lowest BCUT2D eigenvalue weighted by atomic mass is 10.1. The van der Waals surface area contributed by atoms with Gasteiger partial charge in [0.25, 0.3) is 5.91 Å². The van der Waals surface area contributed by atoms with Gasteiger partial charge in [0.15, 0.2) is 11.5 Å². The van der Waals surface area contributed by atoms with Crippen molar-refractivity contribution in [2.75, 3.05) is 25.5 Å². The summed E-state index contributed by atoms with van der Waals surface area (Å²) < 4.78 is 40.9. The first-order valence-electron chi connectivity index (χ1n) is 9.62. The molecule has 0 atom stereocenters. The molecular weight excluding hydrogens is 445 g/mol. The van der Waals surface area contributed by atoms with Crippen LogP contribution in [0.4, 0.5) is 18.9 Å². The van der Waals surface area contributed by atoms with E-state index in [2.05, 4.69) is 20.4 Å². The van der Waals surface area contributed by atoms with Gasteiger partial charge in [-0.3, -0.25) is 9.79 Å². The van der Waals surface area contributed by atoms with Crippen LogP contribution in [0, 0.1) is 6.92 Å². The van der Waals surface area contributed by atoms with Crippen molar-refractivity contribution in [3.63, 3.8) is 0 Å². The van der Waals surface area contributed by atoms with Gasteiger partial charge in [0.2, 0.25) is 0 Å². The summed E-state index contributed by atoms with van der Waals surface area (Å²) in [5.41, 5.74) is 0.287. The Morgan fingerprint density at radius 3 is 2.66 bits per heavy atom. The average molecular weight is 463 g/mol. The number of anilines is 1. The van der Waals surface area contributed by atoms with Crippen molar-refractivity contribution in [2.45, 2.75) is 13.1 Å². The van der Waals surface area contributed by atoms with E-state index in [0.717, 1.165) is 16.8 Å². The SMILES string of the molecule is Cc1cccc(C2=NCCN2C)c1NC(=O)c1cc(C(F)(F)F)nn1-c1ncccc1Cl. The number of carbonyl (C=O) groups is 1. The fourth-order valence-electron chi connectivity index (χ4n) is 3.40. The van der Waals surface area contributed by atoms with Crippen molar-refractivity contribution >= 4 is 29.0 Å². The monoisotopic (exact) mass is 462 g/mol. The lowest BCUT2D eigenvalue weighted by molar-refractivity contribution is -0.141. The summed E-state index contributed by atoms with van der Waals surface area (Å²) >= 11 is 6.11. The third-order valence-electron chi connectivity index (χ3n) is 4.98. The summed E-state index contributed by atoms with van der Waals surface area (Å²) in [6.07, 6.45) is -3.40. The Labute approximate surface area is 186 Å². The smallest absolute Gasteiger partial charge is 0.358 e. The largest absolute Gasteiger partial charge is 0.435 e. The minimum Gasteiger partial charge on any atom is -0.358 e. The van der Waals surface area contributed by atoms with Crippen LogP contribution in [0.5, 0.6) is 0 Å². The van der Waals surface area contributed by atoms with Crippen LogP contribution >= 0.6 is 11.6 Å².